The van der Waals surface area contributed by atoms with Crippen molar-refractivity contribution < 1.29 is 28.5 Å². The molecule has 3 fully saturated rings. The van der Waals surface area contributed by atoms with Crippen molar-refractivity contribution >= 4 is 18.0 Å². The summed E-state index contributed by atoms with van der Waals surface area (Å²) in [6.45, 7) is 8.21. The van der Waals surface area contributed by atoms with Crippen LogP contribution in [-0.2, 0) is 41.4 Å². The van der Waals surface area contributed by atoms with Crippen LogP contribution in [0.15, 0.2) is 29.9 Å². The number of carbonyl (C=O) groups excluding carboxylic acids is 2. The molecule has 34 heavy (non-hydrogen) atoms. The second-order valence-electron chi connectivity index (χ2n) is 11.5. The van der Waals surface area contributed by atoms with E-state index in [4.69, 9.17) is 18.9 Å². The Hall–Kier alpha value is -2.44. The third kappa shape index (κ3) is 2.59. The topological polar surface area (TPSA) is 71.1 Å². The van der Waals surface area contributed by atoms with Gasteiger partial charge >= 0.3 is 11.9 Å². The molecule has 1 aromatic carbocycles. The molecule has 178 valence electrons. The first-order chi connectivity index (χ1) is 16.2. The van der Waals surface area contributed by atoms with Crippen LogP contribution in [0, 0.1) is 11.8 Å². The molecule has 7 rings (SSSR count). The number of cyclic esters (lactones) is 1. The maximum Gasteiger partial charge on any atom is 0.334 e. The molecule has 2 aliphatic carbocycles. The van der Waals surface area contributed by atoms with E-state index in [1.807, 2.05) is 6.08 Å². The number of hydrogen-bond acceptors (Lipinski definition) is 6. The average molecular weight is 463 g/mol. The molecule has 0 N–H and O–H groups in total. The summed E-state index contributed by atoms with van der Waals surface area (Å²) in [4.78, 5) is 24.2. The van der Waals surface area contributed by atoms with Crippen LogP contribution >= 0.6 is 0 Å². The van der Waals surface area contributed by atoms with Gasteiger partial charge in [0.05, 0.1) is 18.1 Å². The predicted octanol–water partition coefficient (Wildman–Crippen LogP) is 3.65. The van der Waals surface area contributed by atoms with Crippen LogP contribution in [0.1, 0.15) is 62.3 Å². The zero-order chi connectivity index (χ0) is 23.6. The van der Waals surface area contributed by atoms with E-state index in [0.717, 1.165) is 6.42 Å². The van der Waals surface area contributed by atoms with Crippen LogP contribution in [0.5, 0.6) is 0 Å². The zero-order valence-corrected chi connectivity index (χ0v) is 20.0. The van der Waals surface area contributed by atoms with Gasteiger partial charge in [0, 0.05) is 30.3 Å². The minimum atomic E-state index is -0.628. The smallest absolute Gasteiger partial charge is 0.334 e. The molecule has 6 aliphatic rings. The van der Waals surface area contributed by atoms with Crippen molar-refractivity contribution in [1.29, 1.82) is 0 Å². The summed E-state index contributed by atoms with van der Waals surface area (Å²) in [6, 6.07) is 4.46. The van der Waals surface area contributed by atoms with Crippen molar-refractivity contribution in [2.24, 2.45) is 11.8 Å². The number of fused-ring (bicyclic) bond motifs is 5. The van der Waals surface area contributed by atoms with Crippen LogP contribution in [0.4, 0.5) is 0 Å². The summed E-state index contributed by atoms with van der Waals surface area (Å²) in [6.07, 6.45) is 7.66. The normalized spacial score (nSPS) is 42.8. The maximum atomic E-state index is 12.3. The zero-order valence-electron chi connectivity index (χ0n) is 20.0. The van der Waals surface area contributed by atoms with Gasteiger partial charge < -0.3 is 18.9 Å². The highest BCUT2D eigenvalue weighted by atomic mass is 16.6. The molecule has 0 bridgehead atoms. The fraction of sp³-hybridized carbons (Fsp3) is 0.571. The number of rotatable bonds is 1. The van der Waals surface area contributed by atoms with Gasteiger partial charge in [-0.15, -0.1) is 0 Å². The van der Waals surface area contributed by atoms with E-state index in [1.54, 1.807) is 6.92 Å². The van der Waals surface area contributed by atoms with Crippen molar-refractivity contribution in [2.45, 2.75) is 88.5 Å². The van der Waals surface area contributed by atoms with Crippen molar-refractivity contribution in [1.82, 2.24) is 0 Å². The van der Waals surface area contributed by atoms with Gasteiger partial charge in [-0.25, -0.2) is 4.79 Å². The van der Waals surface area contributed by atoms with Gasteiger partial charge in [-0.2, -0.15) is 0 Å². The second kappa shape index (κ2) is 6.61. The number of esters is 2. The van der Waals surface area contributed by atoms with Gasteiger partial charge in [0.25, 0.3) is 0 Å². The Kier molecular flexibility index (Phi) is 4.06. The molecule has 6 nitrogen and oxygen atoms in total. The number of hydrogen-bond donors (Lipinski definition) is 0. The van der Waals surface area contributed by atoms with Crippen molar-refractivity contribution in [3.63, 3.8) is 0 Å². The first-order valence-corrected chi connectivity index (χ1v) is 12.5. The van der Waals surface area contributed by atoms with Crippen LogP contribution < -0.4 is 0 Å². The third-order valence-electron chi connectivity index (χ3n) is 9.21. The number of carbonyl (C=O) groups is 2. The van der Waals surface area contributed by atoms with Crippen LogP contribution in [-0.4, -0.2) is 47.6 Å². The van der Waals surface area contributed by atoms with Crippen LogP contribution in [0.2, 0.25) is 0 Å². The minimum absolute atomic E-state index is 0.00651. The lowest BCUT2D eigenvalue weighted by molar-refractivity contribution is -0.151. The lowest BCUT2D eigenvalue weighted by atomic mass is 9.75. The van der Waals surface area contributed by atoms with Gasteiger partial charge in [-0.05, 0) is 55.0 Å². The Morgan fingerprint density at radius 2 is 1.94 bits per heavy atom. The molecule has 6 heteroatoms. The standard InChI is InChI=1S/C28H30O6/c1-13-9-20(32-26(13)30)25-14(2)24-17-6-5-15-12-28-21(8-7-16(15)18(17)10-19(24)31-25)27(3,4)33-22(28)11-23(29)34-28/h5-9,14,19-22,24-25H,10-12H2,1-4H3/t14-,19-,20-,21-,22+,24+,25-,28+/m0/s1. The monoisotopic (exact) mass is 462 g/mol. The molecule has 1 spiro atoms. The van der Waals surface area contributed by atoms with Crippen molar-refractivity contribution in [2.75, 3.05) is 0 Å². The van der Waals surface area contributed by atoms with Gasteiger partial charge in [0.1, 0.15) is 18.3 Å². The summed E-state index contributed by atoms with van der Waals surface area (Å²) in [5.74, 6) is 0.126. The van der Waals surface area contributed by atoms with E-state index in [1.165, 1.54) is 22.3 Å². The van der Waals surface area contributed by atoms with E-state index < -0.39 is 11.2 Å². The quantitative estimate of drug-likeness (QED) is 0.594. The Labute approximate surface area is 199 Å². The third-order valence-corrected chi connectivity index (χ3v) is 9.21. The van der Waals surface area contributed by atoms with Crippen LogP contribution in [0.25, 0.3) is 6.08 Å². The molecule has 0 radical (unpaired) electrons. The SMILES string of the molecule is CC1=C[C@@H]([C@H]2O[C@H]3Cc4c(ccc5c4C=C[C@H]4C(C)(C)O[C@@H]6CC(=O)O[C@@]64C5)[C@H]3[C@@H]2C)OC1=O. The summed E-state index contributed by atoms with van der Waals surface area (Å²) >= 11 is 0. The summed E-state index contributed by atoms with van der Waals surface area (Å²) in [5, 5.41) is 0. The molecule has 0 amide bonds. The first-order valence-electron chi connectivity index (χ1n) is 12.5. The molecular formula is C28H30O6. The highest BCUT2D eigenvalue weighted by Gasteiger charge is 2.65. The molecule has 3 saturated heterocycles. The average Bonchev–Trinajstić information content (AvgIpc) is 3.47. The Balaban J connectivity index is 1.25. The maximum absolute atomic E-state index is 12.3. The first kappa shape index (κ1) is 20.9. The lowest BCUT2D eigenvalue weighted by Crippen LogP contribution is -2.45. The second-order valence-corrected chi connectivity index (χ2v) is 11.5. The summed E-state index contributed by atoms with van der Waals surface area (Å²) < 4.78 is 24.5. The number of benzene rings is 1. The highest BCUT2D eigenvalue weighted by molar-refractivity contribution is 5.90. The van der Waals surface area contributed by atoms with Crippen molar-refractivity contribution in [3.05, 3.63) is 52.1 Å². The Bertz CT molecular complexity index is 1190. The highest BCUT2D eigenvalue weighted by Crippen LogP contribution is 2.56. The van der Waals surface area contributed by atoms with Gasteiger partial charge in [0.2, 0.25) is 0 Å². The summed E-state index contributed by atoms with van der Waals surface area (Å²) in [5.41, 5.74) is 4.80. The minimum Gasteiger partial charge on any atom is -0.455 e. The Morgan fingerprint density at radius 1 is 1.12 bits per heavy atom. The molecule has 8 atom stereocenters. The molecule has 0 unspecified atom stereocenters. The van der Waals surface area contributed by atoms with Crippen LogP contribution in [0.3, 0.4) is 0 Å². The largest absolute Gasteiger partial charge is 0.455 e. The van der Waals surface area contributed by atoms with E-state index in [-0.39, 0.29) is 54.1 Å². The lowest BCUT2D eigenvalue weighted by Gasteiger charge is -2.33. The van der Waals surface area contributed by atoms with Gasteiger partial charge in [-0.3, -0.25) is 4.79 Å². The van der Waals surface area contributed by atoms with Gasteiger partial charge in [-0.1, -0.05) is 31.2 Å². The number of ether oxygens (including phenoxy) is 4. The molecule has 1 aromatic rings. The summed E-state index contributed by atoms with van der Waals surface area (Å²) in [7, 11) is 0. The molecule has 4 heterocycles. The van der Waals surface area contributed by atoms with E-state index >= 15 is 0 Å². The van der Waals surface area contributed by atoms with E-state index in [9.17, 15) is 9.59 Å². The van der Waals surface area contributed by atoms with E-state index in [2.05, 4.69) is 45.1 Å². The predicted molar refractivity (Wildman–Crippen MR) is 123 cm³/mol. The van der Waals surface area contributed by atoms with Crippen molar-refractivity contribution in [3.8, 4) is 0 Å². The Morgan fingerprint density at radius 3 is 2.71 bits per heavy atom. The molecular weight excluding hydrogens is 432 g/mol. The van der Waals surface area contributed by atoms with E-state index in [0.29, 0.717) is 18.4 Å². The molecule has 4 aliphatic heterocycles. The van der Waals surface area contributed by atoms with Gasteiger partial charge in [0.15, 0.2) is 5.60 Å². The fourth-order valence-corrected chi connectivity index (χ4v) is 7.77. The molecule has 0 aromatic heterocycles. The fourth-order valence-electron chi connectivity index (χ4n) is 7.77. The molecule has 0 saturated carbocycles.